The Kier molecular flexibility index (Phi) is 4.81. The summed E-state index contributed by atoms with van der Waals surface area (Å²) in [6.07, 6.45) is 4.00. The molecule has 3 nitrogen and oxygen atoms in total. The molecule has 0 bridgehead atoms. The van der Waals surface area contributed by atoms with E-state index in [1.165, 1.54) is 5.56 Å². The minimum absolute atomic E-state index is 0.160. The molecule has 0 unspecified atom stereocenters. The average Bonchev–Trinajstić information content (AvgIpc) is 2.48. The van der Waals surface area contributed by atoms with Crippen LogP contribution in [0, 0.1) is 0 Å². The number of carbonyl (C=O) groups excluding carboxylic acids is 1. The predicted molar refractivity (Wildman–Crippen MR) is 75.8 cm³/mol. The Labute approximate surface area is 113 Å². The van der Waals surface area contributed by atoms with Gasteiger partial charge in [-0.2, -0.15) is 0 Å². The van der Waals surface area contributed by atoms with Gasteiger partial charge in [-0.05, 0) is 30.5 Å². The first-order chi connectivity index (χ1) is 9.29. The molecule has 0 fully saturated rings. The molecule has 0 saturated carbocycles. The molecule has 1 aromatic carbocycles. The summed E-state index contributed by atoms with van der Waals surface area (Å²) in [6, 6.07) is 13.8. The lowest BCUT2D eigenvalue weighted by atomic mass is 10.0. The van der Waals surface area contributed by atoms with E-state index in [9.17, 15) is 4.79 Å². The van der Waals surface area contributed by atoms with Crippen LogP contribution in [-0.2, 0) is 13.0 Å². The fourth-order valence-electron chi connectivity index (χ4n) is 2.01. The summed E-state index contributed by atoms with van der Waals surface area (Å²) in [7, 11) is 0. The largest absolute Gasteiger partial charge is 0.325 e. The first-order valence-corrected chi connectivity index (χ1v) is 6.51. The van der Waals surface area contributed by atoms with E-state index < -0.39 is 0 Å². The summed E-state index contributed by atoms with van der Waals surface area (Å²) in [4.78, 5) is 16.1. The van der Waals surface area contributed by atoms with Crippen molar-refractivity contribution < 1.29 is 4.79 Å². The van der Waals surface area contributed by atoms with Gasteiger partial charge in [0.15, 0.2) is 5.78 Å². The summed E-state index contributed by atoms with van der Waals surface area (Å²) in [5.74, 6) is 0.160. The number of hydrogen-bond acceptors (Lipinski definition) is 3. The van der Waals surface area contributed by atoms with Crippen LogP contribution in [0.3, 0.4) is 0 Å². The third kappa shape index (κ3) is 4.00. The van der Waals surface area contributed by atoms with Crippen LogP contribution >= 0.6 is 0 Å². The minimum Gasteiger partial charge on any atom is -0.325 e. The molecule has 0 aliphatic heterocycles. The van der Waals surface area contributed by atoms with Gasteiger partial charge in [-0.15, -0.1) is 0 Å². The molecule has 98 valence electrons. The molecule has 2 rings (SSSR count). The molecule has 3 heteroatoms. The number of benzene rings is 1. The van der Waals surface area contributed by atoms with Crippen LogP contribution in [0.25, 0.3) is 0 Å². The van der Waals surface area contributed by atoms with Crippen LogP contribution < -0.4 is 5.73 Å². The normalized spacial score (nSPS) is 10.4. The molecule has 0 aliphatic carbocycles. The number of nitrogens with zero attached hydrogens (tertiary/aromatic N) is 1. The molecular weight excluding hydrogens is 236 g/mol. The highest BCUT2D eigenvalue weighted by molar-refractivity contribution is 5.96. The van der Waals surface area contributed by atoms with Crippen LogP contribution in [0.15, 0.2) is 48.7 Å². The zero-order valence-electron chi connectivity index (χ0n) is 10.9. The smallest absolute Gasteiger partial charge is 0.163 e. The summed E-state index contributed by atoms with van der Waals surface area (Å²) in [5.41, 5.74) is 8.26. The topological polar surface area (TPSA) is 56.0 Å². The molecule has 0 spiro atoms. The van der Waals surface area contributed by atoms with E-state index in [0.29, 0.717) is 18.5 Å². The van der Waals surface area contributed by atoms with Crippen molar-refractivity contribution in [3.05, 3.63) is 65.5 Å². The molecule has 19 heavy (non-hydrogen) atoms. The predicted octanol–water partition coefficient (Wildman–Crippen LogP) is 2.75. The van der Waals surface area contributed by atoms with E-state index in [0.717, 1.165) is 18.5 Å². The van der Waals surface area contributed by atoms with E-state index in [1.54, 1.807) is 18.3 Å². The Bertz CT molecular complexity index is 537. The standard InChI is InChI=1S/C16H18N2O/c17-12-15-11-14(9-10-18-15)16(19)8-4-7-13-5-2-1-3-6-13/h1-3,5-6,9-11H,4,7-8,12,17H2. The van der Waals surface area contributed by atoms with Crippen molar-refractivity contribution in [2.45, 2.75) is 25.8 Å². The first kappa shape index (κ1) is 13.4. The Morgan fingerprint density at radius 1 is 1.16 bits per heavy atom. The second-order valence-corrected chi connectivity index (χ2v) is 4.50. The van der Waals surface area contributed by atoms with Crippen molar-refractivity contribution in [2.24, 2.45) is 5.73 Å². The van der Waals surface area contributed by atoms with Gasteiger partial charge < -0.3 is 5.73 Å². The van der Waals surface area contributed by atoms with Crippen molar-refractivity contribution >= 4 is 5.78 Å². The number of rotatable bonds is 6. The second kappa shape index (κ2) is 6.81. The number of aromatic nitrogens is 1. The average molecular weight is 254 g/mol. The number of hydrogen-bond donors (Lipinski definition) is 1. The maximum atomic E-state index is 12.0. The Morgan fingerprint density at radius 2 is 1.95 bits per heavy atom. The van der Waals surface area contributed by atoms with Gasteiger partial charge in [-0.25, -0.2) is 0 Å². The van der Waals surface area contributed by atoms with E-state index in [2.05, 4.69) is 17.1 Å². The molecule has 1 aromatic heterocycles. The number of carbonyl (C=O) groups is 1. The number of pyridine rings is 1. The van der Waals surface area contributed by atoms with Crippen LogP contribution in [0.1, 0.15) is 34.5 Å². The summed E-state index contributed by atoms with van der Waals surface area (Å²) >= 11 is 0. The zero-order chi connectivity index (χ0) is 13.5. The quantitative estimate of drug-likeness (QED) is 0.806. The molecule has 0 amide bonds. The third-order valence-corrected chi connectivity index (χ3v) is 3.06. The second-order valence-electron chi connectivity index (χ2n) is 4.50. The molecular formula is C16H18N2O. The fourth-order valence-corrected chi connectivity index (χ4v) is 2.01. The van der Waals surface area contributed by atoms with Crippen molar-refractivity contribution in [3.8, 4) is 0 Å². The van der Waals surface area contributed by atoms with Crippen LogP contribution in [0.2, 0.25) is 0 Å². The SMILES string of the molecule is NCc1cc(C(=O)CCCc2ccccc2)ccn1. The van der Waals surface area contributed by atoms with Crippen LogP contribution in [0.5, 0.6) is 0 Å². The minimum atomic E-state index is 0.160. The van der Waals surface area contributed by atoms with Gasteiger partial charge in [-0.1, -0.05) is 30.3 Å². The van der Waals surface area contributed by atoms with Gasteiger partial charge in [0.25, 0.3) is 0 Å². The highest BCUT2D eigenvalue weighted by atomic mass is 16.1. The molecule has 1 heterocycles. The first-order valence-electron chi connectivity index (χ1n) is 6.51. The fraction of sp³-hybridized carbons (Fsp3) is 0.250. The number of nitrogens with two attached hydrogens (primary N) is 1. The zero-order valence-corrected chi connectivity index (χ0v) is 10.9. The van der Waals surface area contributed by atoms with Gasteiger partial charge in [0, 0.05) is 24.7 Å². The van der Waals surface area contributed by atoms with Gasteiger partial charge in [-0.3, -0.25) is 9.78 Å². The summed E-state index contributed by atoms with van der Waals surface area (Å²) < 4.78 is 0. The van der Waals surface area contributed by atoms with Crippen molar-refractivity contribution in [2.75, 3.05) is 0 Å². The number of aryl methyl sites for hydroxylation is 1. The lowest BCUT2D eigenvalue weighted by Gasteiger charge is -2.03. The van der Waals surface area contributed by atoms with Gasteiger partial charge >= 0.3 is 0 Å². The van der Waals surface area contributed by atoms with Crippen molar-refractivity contribution in [1.29, 1.82) is 0 Å². The van der Waals surface area contributed by atoms with Crippen molar-refractivity contribution in [3.63, 3.8) is 0 Å². The highest BCUT2D eigenvalue weighted by Gasteiger charge is 2.06. The number of ketones is 1. The molecule has 0 saturated heterocycles. The maximum Gasteiger partial charge on any atom is 0.163 e. The summed E-state index contributed by atoms with van der Waals surface area (Å²) in [6.45, 7) is 0.366. The van der Waals surface area contributed by atoms with Gasteiger partial charge in [0.2, 0.25) is 0 Å². The molecule has 2 N–H and O–H groups in total. The molecule has 2 aromatic rings. The maximum absolute atomic E-state index is 12.0. The molecule has 0 radical (unpaired) electrons. The van der Waals surface area contributed by atoms with Crippen LogP contribution in [0.4, 0.5) is 0 Å². The van der Waals surface area contributed by atoms with E-state index in [1.807, 2.05) is 18.2 Å². The van der Waals surface area contributed by atoms with E-state index in [4.69, 9.17) is 5.73 Å². The third-order valence-electron chi connectivity index (χ3n) is 3.06. The van der Waals surface area contributed by atoms with Gasteiger partial charge in [0.1, 0.15) is 0 Å². The Balaban J connectivity index is 1.87. The molecule has 0 atom stereocenters. The molecule has 0 aliphatic rings. The number of Topliss-reactive ketones (excluding diaryl/α,β-unsaturated/α-hetero) is 1. The summed E-state index contributed by atoms with van der Waals surface area (Å²) in [5, 5.41) is 0. The van der Waals surface area contributed by atoms with Crippen LogP contribution in [-0.4, -0.2) is 10.8 Å². The Hall–Kier alpha value is -2.00. The lowest BCUT2D eigenvalue weighted by Crippen LogP contribution is -2.04. The van der Waals surface area contributed by atoms with Gasteiger partial charge in [0.05, 0.1) is 5.69 Å². The van der Waals surface area contributed by atoms with E-state index >= 15 is 0 Å². The highest BCUT2D eigenvalue weighted by Crippen LogP contribution is 2.10. The monoisotopic (exact) mass is 254 g/mol. The Morgan fingerprint density at radius 3 is 2.68 bits per heavy atom. The van der Waals surface area contributed by atoms with E-state index in [-0.39, 0.29) is 5.78 Å². The lowest BCUT2D eigenvalue weighted by molar-refractivity contribution is 0.0980. The van der Waals surface area contributed by atoms with Crippen molar-refractivity contribution in [1.82, 2.24) is 4.98 Å².